The van der Waals surface area contributed by atoms with Crippen LogP contribution in [0.5, 0.6) is 0 Å². The molecule has 0 aromatic heterocycles. The third-order valence-electron chi connectivity index (χ3n) is 7.86. The van der Waals surface area contributed by atoms with Gasteiger partial charge in [0.2, 0.25) is 0 Å². The topological polar surface area (TPSA) is 73.8 Å². The third-order valence-corrected chi connectivity index (χ3v) is 7.86. The van der Waals surface area contributed by atoms with Crippen molar-refractivity contribution in [2.24, 2.45) is 0 Å². The molecule has 218 valence electrons. The molecule has 4 aliphatic rings. The van der Waals surface area contributed by atoms with Gasteiger partial charge in [0.05, 0.1) is 13.2 Å². The van der Waals surface area contributed by atoms with Crippen molar-refractivity contribution in [3.63, 3.8) is 0 Å². The van der Waals surface area contributed by atoms with E-state index in [0.717, 1.165) is 22.3 Å². The summed E-state index contributed by atoms with van der Waals surface area (Å²) in [5.74, 6) is 0. The van der Waals surface area contributed by atoms with E-state index in [2.05, 4.69) is 30.4 Å². The van der Waals surface area contributed by atoms with Crippen LogP contribution in [0.3, 0.4) is 0 Å². The Morgan fingerprint density at radius 3 is 1.45 bits per heavy atom. The summed E-state index contributed by atoms with van der Waals surface area (Å²) in [6, 6.07) is 28.2. The average molecular weight is 571 g/mol. The van der Waals surface area contributed by atoms with Gasteiger partial charge in [-0.05, 0) is 17.2 Å². The molecule has 4 aliphatic heterocycles. The van der Waals surface area contributed by atoms with Crippen molar-refractivity contribution in [3.8, 4) is 0 Å². The normalized spacial score (nSPS) is 33.3. The monoisotopic (exact) mass is 570 g/mol. The fourth-order valence-electron chi connectivity index (χ4n) is 5.64. The van der Waals surface area contributed by atoms with Crippen molar-refractivity contribution in [1.82, 2.24) is 0 Å². The molecule has 0 bridgehead atoms. The highest BCUT2D eigenvalue weighted by Crippen LogP contribution is 2.34. The Labute approximate surface area is 245 Å². The minimum Gasteiger partial charge on any atom is -0.347 e. The van der Waals surface area contributed by atoms with E-state index >= 15 is 0 Å². The highest BCUT2D eigenvalue weighted by atomic mass is 16.8. The minimum atomic E-state index is -0.447. The highest BCUT2D eigenvalue weighted by Gasteiger charge is 2.42. The maximum absolute atomic E-state index is 6.31. The van der Waals surface area contributed by atoms with Gasteiger partial charge in [0.25, 0.3) is 0 Å². The predicted octanol–water partition coefficient (Wildman–Crippen LogP) is 5.42. The smallest absolute Gasteiger partial charge is 0.184 e. The molecule has 3 aromatic carbocycles. The summed E-state index contributed by atoms with van der Waals surface area (Å²) >= 11 is 0. The van der Waals surface area contributed by atoms with E-state index in [1.165, 1.54) is 0 Å². The van der Waals surface area contributed by atoms with Crippen molar-refractivity contribution in [3.05, 3.63) is 119 Å². The lowest BCUT2D eigenvalue weighted by atomic mass is 10.0. The molecule has 0 saturated carbocycles. The number of hydrogen-bond donors (Lipinski definition) is 0. The lowest BCUT2D eigenvalue weighted by molar-refractivity contribution is -0.326. The maximum Gasteiger partial charge on any atom is 0.184 e. The molecule has 4 saturated heterocycles. The van der Waals surface area contributed by atoms with Crippen molar-refractivity contribution < 1.29 is 37.9 Å². The first-order chi connectivity index (χ1) is 20.8. The third kappa shape index (κ3) is 6.27. The van der Waals surface area contributed by atoms with Crippen molar-refractivity contribution in [2.75, 3.05) is 26.8 Å². The van der Waals surface area contributed by atoms with Crippen molar-refractivity contribution in [2.45, 2.75) is 49.2 Å². The lowest BCUT2D eigenvalue weighted by Gasteiger charge is -2.42. The zero-order chi connectivity index (χ0) is 28.1. The van der Waals surface area contributed by atoms with Crippen LogP contribution in [-0.4, -0.2) is 63.4 Å². The van der Waals surface area contributed by atoms with Crippen LogP contribution in [0.15, 0.2) is 97.1 Å². The Kier molecular flexibility index (Phi) is 8.55. The fourth-order valence-corrected chi connectivity index (χ4v) is 5.64. The van der Waals surface area contributed by atoms with Crippen molar-refractivity contribution in [1.29, 1.82) is 0 Å². The zero-order valence-electron chi connectivity index (χ0n) is 23.1. The molecule has 0 N–H and O–H groups in total. The molecular weight excluding hydrogens is 536 g/mol. The molecule has 8 heteroatoms. The van der Waals surface area contributed by atoms with Crippen LogP contribution in [-0.2, 0) is 37.9 Å². The van der Waals surface area contributed by atoms with Crippen LogP contribution in [0.25, 0.3) is 12.2 Å². The molecular formula is C34H34O8. The second kappa shape index (κ2) is 13.0. The van der Waals surface area contributed by atoms with Crippen LogP contribution in [0.4, 0.5) is 0 Å². The van der Waals surface area contributed by atoms with Gasteiger partial charge in [-0.25, -0.2) is 0 Å². The van der Waals surface area contributed by atoms with E-state index in [1.807, 2.05) is 78.9 Å². The number of ether oxygens (including phenoxy) is 8. The Morgan fingerprint density at radius 2 is 0.976 bits per heavy atom. The highest BCUT2D eigenvalue weighted by molar-refractivity contribution is 5.58. The molecule has 7 rings (SSSR count). The first kappa shape index (κ1) is 27.6. The zero-order valence-corrected chi connectivity index (χ0v) is 23.1. The summed E-state index contributed by atoms with van der Waals surface area (Å²) in [6.45, 7) is 1.31. The molecule has 0 aliphatic carbocycles. The molecule has 4 heterocycles. The summed E-state index contributed by atoms with van der Waals surface area (Å²) < 4.78 is 47.9. The summed E-state index contributed by atoms with van der Waals surface area (Å²) in [4.78, 5) is 0. The van der Waals surface area contributed by atoms with Crippen molar-refractivity contribution >= 4 is 12.2 Å². The van der Waals surface area contributed by atoms with Crippen LogP contribution in [0.1, 0.15) is 34.8 Å². The quantitative estimate of drug-likeness (QED) is 0.389. The lowest BCUT2D eigenvalue weighted by Crippen LogP contribution is -2.52. The summed E-state index contributed by atoms with van der Waals surface area (Å²) in [5, 5.41) is 0. The largest absolute Gasteiger partial charge is 0.347 e. The van der Waals surface area contributed by atoms with E-state index in [-0.39, 0.29) is 50.2 Å². The maximum atomic E-state index is 6.31. The molecule has 0 unspecified atom stereocenters. The summed E-state index contributed by atoms with van der Waals surface area (Å²) in [6.07, 6.45) is 5.91. The van der Waals surface area contributed by atoms with E-state index < -0.39 is 12.6 Å². The van der Waals surface area contributed by atoms with Gasteiger partial charge in [-0.1, -0.05) is 103 Å². The number of hydrogen-bond acceptors (Lipinski definition) is 8. The van der Waals surface area contributed by atoms with Gasteiger partial charge >= 0.3 is 0 Å². The number of rotatable bonds is 6. The molecule has 4 fully saturated rings. The van der Waals surface area contributed by atoms with Crippen LogP contribution >= 0.6 is 0 Å². The molecule has 8 nitrogen and oxygen atoms in total. The van der Waals surface area contributed by atoms with E-state index in [1.54, 1.807) is 0 Å². The molecule has 0 spiro atoms. The number of fused-ring (bicyclic) bond motifs is 2. The Morgan fingerprint density at radius 1 is 0.500 bits per heavy atom. The van der Waals surface area contributed by atoms with Gasteiger partial charge in [0.15, 0.2) is 12.6 Å². The van der Waals surface area contributed by atoms with Gasteiger partial charge in [0.1, 0.15) is 50.2 Å². The van der Waals surface area contributed by atoms with Gasteiger partial charge in [0, 0.05) is 11.1 Å². The Hall–Kier alpha value is -3.18. The first-order valence-electron chi connectivity index (χ1n) is 14.4. The van der Waals surface area contributed by atoms with E-state index in [0.29, 0.717) is 13.2 Å². The van der Waals surface area contributed by atoms with E-state index in [9.17, 15) is 0 Å². The fraction of sp³-hybridized carbons (Fsp3) is 0.353. The molecule has 8 atom stereocenters. The molecule has 0 amide bonds. The van der Waals surface area contributed by atoms with Crippen LogP contribution < -0.4 is 0 Å². The second-order valence-corrected chi connectivity index (χ2v) is 10.7. The molecule has 0 radical (unpaired) electrons. The molecule has 42 heavy (non-hydrogen) atoms. The summed E-state index contributed by atoms with van der Waals surface area (Å²) in [5.41, 5.74) is 4.05. The standard InChI is InChI=1S/C34H34O8/c1-3-10-25(11-4-1)33-35-19-29-31(41-33)27(37-21-39-29)16-14-23-8-7-9-24(18-23)15-17-28-32-30(40-22-38-28)20-36-34(42-32)26-12-5-2-6-13-26/h1-18,27-34H,19-22H2/b16-14-,17-15+/t27-,28-,29+,30+,31+,32+,33-,34-/m1/s1. The average Bonchev–Trinajstić information content (AvgIpc) is 3.07. The van der Waals surface area contributed by atoms with Gasteiger partial charge < -0.3 is 37.9 Å². The Balaban J connectivity index is 1.02. The predicted molar refractivity (Wildman–Crippen MR) is 154 cm³/mol. The van der Waals surface area contributed by atoms with Crippen LogP contribution in [0.2, 0.25) is 0 Å². The summed E-state index contributed by atoms with van der Waals surface area (Å²) in [7, 11) is 0. The van der Waals surface area contributed by atoms with Gasteiger partial charge in [-0.3, -0.25) is 0 Å². The van der Waals surface area contributed by atoms with Gasteiger partial charge in [-0.2, -0.15) is 0 Å². The van der Waals surface area contributed by atoms with Crippen LogP contribution in [0, 0.1) is 0 Å². The number of benzene rings is 3. The minimum absolute atomic E-state index is 0.181. The van der Waals surface area contributed by atoms with E-state index in [4.69, 9.17) is 37.9 Å². The second-order valence-electron chi connectivity index (χ2n) is 10.7. The Bertz CT molecular complexity index is 1260. The SMILES string of the molecule is C(=C/[C@H]1OCO[C@H]2CO[C@@H](c3ccccc3)O[C@H]21)/c1cccc(/C=C/[C@H]2OCO[C@H]3CO[C@@H](c4ccccc4)O[C@H]32)c1. The first-order valence-corrected chi connectivity index (χ1v) is 14.4. The molecule has 3 aromatic rings. The van der Waals surface area contributed by atoms with Gasteiger partial charge in [-0.15, -0.1) is 0 Å².